The van der Waals surface area contributed by atoms with Crippen molar-refractivity contribution < 1.29 is 24.2 Å². The molecule has 0 heterocycles. The van der Waals surface area contributed by atoms with Gasteiger partial charge in [0, 0.05) is 12.1 Å². The molecule has 0 aliphatic rings. The average Bonchev–Trinajstić information content (AvgIpc) is 2.59. The average molecular weight is 319 g/mol. The van der Waals surface area contributed by atoms with Crippen molar-refractivity contribution in [3.05, 3.63) is 57.6 Å². The summed E-state index contributed by atoms with van der Waals surface area (Å²) in [5, 5.41) is 21.6. The molecule has 0 bridgehead atoms. The number of methoxy groups -OCH3 is 3. The van der Waals surface area contributed by atoms with E-state index in [2.05, 4.69) is 0 Å². The first-order valence-corrected chi connectivity index (χ1v) is 6.73. The van der Waals surface area contributed by atoms with Crippen LogP contribution in [-0.4, -0.2) is 31.4 Å². The number of aliphatic hydroxyl groups excluding tert-OH is 1. The summed E-state index contributed by atoms with van der Waals surface area (Å²) >= 11 is 0. The van der Waals surface area contributed by atoms with Gasteiger partial charge in [-0.25, -0.2) is 0 Å². The van der Waals surface area contributed by atoms with Gasteiger partial charge in [0.1, 0.15) is 17.6 Å². The standard InChI is InChI=1S/C16H17NO6/c1-21-12-6-11(7-13(9-12)22-2)16(18)10-4-5-15(23-3)14(8-10)17(19)20/h4-9,16,18H,1-3H3/t16-/m0/s1. The molecular formula is C16H17NO6. The van der Waals surface area contributed by atoms with Gasteiger partial charge in [0.2, 0.25) is 0 Å². The molecule has 7 heteroatoms. The van der Waals surface area contributed by atoms with Gasteiger partial charge < -0.3 is 19.3 Å². The highest BCUT2D eigenvalue weighted by molar-refractivity contribution is 5.51. The Kier molecular flexibility index (Phi) is 5.02. The predicted octanol–water partition coefficient (Wildman–Crippen LogP) is 2.70. The molecule has 0 fully saturated rings. The van der Waals surface area contributed by atoms with E-state index in [1.165, 1.54) is 33.5 Å². The fraction of sp³-hybridized carbons (Fsp3) is 0.250. The molecule has 1 N–H and O–H groups in total. The van der Waals surface area contributed by atoms with Crippen LogP contribution >= 0.6 is 0 Å². The summed E-state index contributed by atoms with van der Waals surface area (Å²) in [6.07, 6.45) is -1.07. The first-order valence-electron chi connectivity index (χ1n) is 6.73. The van der Waals surface area contributed by atoms with Gasteiger partial charge >= 0.3 is 5.69 Å². The minimum Gasteiger partial charge on any atom is -0.497 e. The van der Waals surface area contributed by atoms with Crippen LogP contribution in [0.15, 0.2) is 36.4 Å². The Hall–Kier alpha value is -2.80. The van der Waals surface area contributed by atoms with Crippen LogP contribution in [0.3, 0.4) is 0 Å². The quantitative estimate of drug-likeness (QED) is 0.650. The number of hydrogen-bond acceptors (Lipinski definition) is 6. The van der Waals surface area contributed by atoms with Crippen molar-refractivity contribution in [2.24, 2.45) is 0 Å². The maximum atomic E-state index is 11.1. The number of ether oxygens (including phenoxy) is 3. The van der Waals surface area contributed by atoms with Gasteiger partial charge in [-0.1, -0.05) is 6.07 Å². The summed E-state index contributed by atoms with van der Waals surface area (Å²) in [6, 6.07) is 9.27. The normalized spacial score (nSPS) is 11.7. The van der Waals surface area contributed by atoms with Crippen LogP contribution < -0.4 is 14.2 Å². The van der Waals surface area contributed by atoms with Gasteiger partial charge in [0.05, 0.1) is 26.3 Å². The molecule has 122 valence electrons. The zero-order valence-electron chi connectivity index (χ0n) is 13.0. The summed E-state index contributed by atoms with van der Waals surface area (Å²) in [5.74, 6) is 1.16. The van der Waals surface area contributed by atoms with Gasteiger partial charge in [-0.2, -0.15) is 0 Å². The molecule has 0 amide bonds. The molecule has 1 atom stereocenters. The summed E-state index contributed by atoms with van der Waals surface area (Å²) in [6.45, 7) is 0. The van der Waals surface area contributed by atoms with E-state index in [4.69, 9.17) is 14.2 Å². The Morgan fingerprint density at radius 1 is 0.957 bits per heavy atom. The second-order valence-corrected chi connectivity index (χ2v) is 4.74. The molecule has 0 spiro atoms. The molecular weight excluding hydrogens is 302 g/mol. The van der Waals surface area contributed by atoms with Crippen molar-refractivity contribution in [1.82, 2.24) is 0 Å². The smallest absolute Gasteiger partial charge is 0.311 e. The number of rotatable bonds is 6. The first kappa shape index (κ1) is 16.6. The summed E-state index contributed by atoms with van der Waals surface area (Å²) in [4.78, 5) is 10.5. The second kappa shape index (κ2) is 6.97. The van der Waals surface area contributed by atoms with Crippen LogP contribution in [0.2, 0.25) is 0 Å². The number of nitrogens with zero attached hydrogens (tertiary/aromatic N) is 1. The van der Waals surface area contributed by atoms with E-state index < -0.39 is 11.0 Å². The summed E-state index contributed by atoms with van der Waals surface area (Å²) < 4.78 is 15.3. The zero-order valence-corrected chi connectivity index (χ0v) is 13.0. The Bertz CT molecular complexity index is 693. The molecule has 0 aliphatic heterocycles. The lowest BCUT2D eigenvalue weighted by atomic mass is 10.00. The Morgan fingerprint density at radius 3 is 2.04 bits per heavy atom. The number of nitro benzene ring substituents is 1. The minimum atomic E-state index is -1.07. The van der Waals surface area contributed by atoms with Crippen molar-refractivity contribution in [2.75, 3.05) is 21.3 Å². The second-order valence-electron chi connectivity index (χ2n) is 4.74. The number of aliphatic hydroxyl groups is 1. The molecule has 2 rings (SSSR count). The van der Waals surface area contributed by atoms with E-state index in [0.29, 0.717) is 22.6 Å². The van der Waals surface area contributed by atoms with E-state index in [1.54, 1.807) is 24.3 Å². The Labute approximate surface area is 133 Å². The Balaban J connectivity index is 2.46. The zero-order chi connectivity index (χ0) is 17.0. The van der Waals surface area contributed by atoms with Gasteiger partial charge in [0.25, 0.3) is 0 Å². The third kappa shape index (κ3) is 3.51. The minimum absolute atomic E-state index is 0.133. The third-order valence-corrected chi connectivity index (χ3v) is 3.40. The van der Waals surface area contributed by atoms with Crippen LogP contribution in [0.25, 0.3) is 0 Å². The summed E-state index contributed by atoms with van der Waals surface area (Å²) in [5.41, 5.74) is 0.660. The van der Waals surface area contributed by atoms with Crippen molar-refractivity contribution >= 4 is 5.69 Å². The van der Waals surface area contributed by atoms with Crippen LogP contribution in [0.1, 0.15) is 17.2 Å². The molecule has 0 unspecified atom stereocenters. The lowest BCUT2D eigenvalue weighted by molar-refractivity contribution is -0.385. The molecule has 2 aromatic rings. The molecule has 0 radical (unpaired) electrons. The fourth-order valence-corrected chi connectivity index (χ4v) is 2.20. The summed E-state index contributed by atoms with van der Waals surface area (Å²) in [7, 11) is 4.36. The predicted molar refractivity (Wildman–Crippen MR) is 83.3 cm³/mol. The van der Waals surface area contributed by atoms with Crippen molar-refractivity contribution in [1.29, 1.82) is 0 Å². The number of hydrogen-bond donors (Lipinski definition) is 1. The van der Waals surface area contributed by atoms with E-state index in [1.807, 2.05) is 0 Å². The topological polar surface area (TPSA) is 91.1 Å². The molecule has 2 aromatic carbocycles. The van der Waals surface area contributed by atoms with Crippen LogP contribution in [0, 0.1) is 10.1 Å². The molecule has 7 nitrogen and oxygen atoms in total. The maximum Gasteiger partial charge on any atom is 0.311 e. The van der Waals surface area contributed by atoms with Gasteiger partial charge in [0.15, 0.2) is 5.75 Å². The number of nitro groups is 1. The van der Waals surface area contributed by atoms with E-state index in [9.17, 15) is 15.2 Å². The van der Waals surface area contributed by atoms with Crippen molar-refractivity contribution in [3.63, 3.8) is 0 Å². The van der Waals surface area contributed by atoms with Crippen LogP contribution in [-0.2, 0) is 0 Å². The SMILES string of the molecule is COc1cc(OC)cc([C@@H](O)c2ccc(OC)c([N+](=O)[O-])c2)c1. The lowest BCUT2D eigenvalue weighted by Crippen LogP contribution is -2.03. The van der Waals surface area contributed by atoms with Crippen molar-refractivity contribution in [3.8, 4) is 17.2 Å². The first-order chi connectivity index (χ1) is 11.0. The van der Waals surface area contributed by atoms with Gasteiger partial charge in [-0.05, 0) is 29.3 Å². The third-order valence-electron chi connectivity index (χ3n) is 3.40. The molecule has 0 aliphatic carbocycles. The van der Waals surface area contributed by atoms with E-state index in [0.717, 1.165) is 0 Å². The van der Waals surface area contributed by atoms with Crippen LogP contribution in [0.4, 0.5) is 5.69 Å². The molecule has 0 aromatic heterocycles. The largest absolute Gasteiger partial charge is 0.497 e. The molecule has 0 saturated heterocycles. The molecule has 0 saturated carbocycles. The highest BCUT2D eigenvalue weighted by atomic mass is 16.6. The highest BCUT2D eigenvalue weighted by Gasteiger charge is 2.20. The van der Waals surface area contributed by atoms with E-state index >= 15 is 0 Å². The van der Waals surface area contributed by atoms with E-state index in [-0.39, 0.29) is 11.4 Å². The monoisotopic (exact) mass is 319 g/mol. The fourth-order valence-electron chi connectivity index (χ4n) is 2.20. The highest BCUT2D eigenvalue weighted by Crippen LogP contribution is 2.34. The maximum absolute atomic E-state index is 11.1. The van der Waals surface area contributed by atoms with Gasteiger partial charge in [-0.15, -0.1) is 0 Å². The van der Waals surface area contributed by atoms with Crippen molar-refractivity contribution in [2.45, 2.75) is 6.10 Å². The Morgan fingerprint density at radius 2 is 1.57 bits per heavy atom. The molecule has 23 heavy (non-hydrogen) atoms. The number of benzene rings is 2. The van der Waals surface area contributed by atoms with Crippen LogP contribution in [0.5, 0.6) is 17.2 Å². The lowest BCUT2D eigenvalue weighted by Gasteiger charge is -2.15. The van der Waals surface area contributed by atoms with Gasteiger partial charge in [-0.3, -0.25) is 10.1 Å².